The average molecular weight is 174 g/mol. The van der Waals surface area contributed by atoms with Gasteiger partial charge in [-0.2, -0.15) is 0 Å². The molecular weight excluding hydrogens is 160 g/mol. The monoisotopic (exact) mass is 174 g/mol. The van der Waals surface area contributed by atoms with Gasteiger partial charge in [-0.1, -0.05) is 0 Å². The fourth-order valence-corrected chi connectivity index (χ4v) is 0.673. The van der Waals surface area contributed by atoms with Crippen molar-refractivity contribution in [3.8, 4) is 0 Å². The lowest BCUT2D eigenvalue weighted by molar-refractivity contribution is -0.136. The van der Waals surface area contributed by atoms with Crippen LogP contribution in [-0.2, 0) is 9.59 Å². The van der Waals surface area contributed by atoms with Crippen molar-refractivity contribution in [1.29, 1.82) is 0 Å². The van der Waals surface area contributed by atoms with E-state index in [0.29, 0.717) is 13.1 Å². The minimum Gasteiger partial charge on any atom is -0.480 e. The summed E-state index contributed by atoms with van der Waals surface area (Å²) in [4.78, 5) is 20.4. The molecule has 0 aromatic carbocycles. The van der Waals surface area contributed by atoms with E-state index in [1.807, 2.05) is 0 Å². The Morgan fingerprint density at radius 1 is 1.33 bits per heavy atom. The van der Waals surface area contributed by atoms with Gasteiger partial charge in [-0.15, -0.1) is 0 Å². The molecule has 0 fully saturated rings. The number of rotatable bonds is 6. The third kappa shape index (κ3) is 8.90. The zero-order valence-corrected chi connectivity index (χ0v) is 7.09. The van der Waals surface area contributed by atoms with E-state index in [4.69, 9.17) is 5.11 Å². The predicted octanol–water partition coefficient (Wildman–Crippen LogP) is -0.813. The lowest BCUT2D eigenvalue weighted by Gasteiger charge is -2.01. The van der Waals surface area contributed by atoms with E-state index >= 15 is 0 Å². The van der Waals surface area contributed by atoms with Crippen molar-refractivity contribution in [2.24, 2.45) is 0 Å². The van der Waals surface area contributed by atoms with Crippen LogP contribution in [0.15, 0.2) is 0 Å². The molecule has 0 spiro atoms. The second kappa shape index (κ2) is 6.60. The highest BCUT2D eigenvalue weighted by Crippen LogP contribution is 1.73. The Balaban J connectivity index is 3.01. The van der Waals surface area contributed by atoms with Gasteiger partial charge in [0.25, 0.3) is 0 Å². The summed E-state index contributed by atoms with van der Waals surface area (Å²) in [7, 11) is 0. The number of hydrogen-bond donors (Lipinski definition) is 3. The van der Waals surface area contributed by atoms with Crippen LogP contribution in [0, 0.1) is 0 Å². The van der Waals surface area contributed by atoms with E-state index < -0.39 is 5.97 Å². The molecule has 0 aliphatic carbocycles. The van der Waals surface area contributed by atoms with Crippen LogP contribution in [-0.4, -0.2) is 36.6 Å². The van der Waals surface area contributed by atoms with E-state index in [0.717, 1.165) is 6.42 Å². The quantitative estimate of drug-likeness (QED) is 0.460. The lowest BCUT2D eigenvalue weighted by Crippen LogP contribution is -2.27. The van der Waals surface area contributed by atoms with Gasteiger partial charge in [0, 0.05) is 13.5 Å². The van der Waals surface area contributed by atoms with Crippen molar-refractivity contribution in [3.63, 3.8) is 0 Å². The van der Waals surface area contributed by atoms with Crippen LogP contribution in [0.25, 0.3) is 0 Å². The SMILES string of the molecule is CC(=O)NCCCNCC(=O)O. The summed E-state index contributed by atoms with van der Waals surface area (Å²) < 4.78 is 0. The molecule has 5 nitrogen and oxygen atoms in total. The van der Waals surface area contributed by atoms with Crippen LogP contribution in [0.2, 0.25) is 0 Å². The number of hydrogen-bond acceptors (Lipinski definition) is 3. The smallest absolute Gasteiger partial charge is 0.317 e. The first-order valence-electron chi connectivity index (χ1n) is 3.80. The maximum absolute atomic E-state index is 10.4. The maximum Gasteiger partial charge on any atom is 0.317 e. The lowest BCUT2D eigenvalue weighted by atomic mass is 10.4. The van der Waals surface area contributed by atoms with Crippen LogP contribution in [0.5, 0.6) is 0 Å². The first-order valence-corrected chi connectivity index (χ1v) is 3.80. The summed E-state index contributed by atoms with van der Waals surface area (Å²) in [5, 5.41) is 13.5. The zero-order chi connectivity index (χ0) is 9.40. The van der Waals surface area contributed by atoms with Crippen molar-refractivity contribution in [3.05, 3.63) is 0 Å². The van der Waals surface area contributed by atoms with E-state index in [-0.39, 0.29) is 12.5 Å². The number of aliphatic carboxylic acids is 1. The van der Waals surface area contributed by atoms with Gasteiger partial charge >= 0.3 is 5.97 Å². The third-order valence-corrected chi connectivity index (χ3v) is 1.18. The normalized spacial score (nSPS) is 9.42. The zero-order valence-electron chi connectivity index (χ0n) is 7.09. The Bertz CT molecular complexity index is 141. The Kier molecular flexibility index (Phi) is 6.00. The molecule has 1 amide bonds. The number of nitrogens with one attached hydrogen (secondary N) is 2. The fraction of sp³-hybridized carbons (Fsp3) is 0.714. The molecule has 0 aromatic rings. The Hall–Kier alpha value is -1.10. The molecule has 0 rings (SSSR count). The van der Waals surface area contributed by atoms with Crippen molar-refractivity contribution in [1.82, 2.24) is 10.6 Å². The van der Waals surface area contributed by atoms with E-state index in [9.17, 15) is 9.59 Å². The number of carbonyl (C=O) groups excluding carboxylic acids is 1. The van der Waals surface area contributed by atoms with E-state index in [1.165, 1.54) is 6.92 Å². The summed E-state index contributed by atoms with van der Waals surface area (Å²) >= 11 is 0. The molecule has 70 valence electrons. The molecule has 0 saturated carbocycles. The fourth-order valence-electron chi connectivity index (χ4n) is 0.673. The van der Waals surface area contributed by atoms with Crippen LogP contribution in [0.4, 0.5) is 0 Å². The number of carboxylic acid groups (broad SMARTS) is 1. The molecular formula is C7H14N2O3. The van der Waals surface area contributed by atoms with E-state index in [1.54, 1.807) is 0 Å². The minimum atomic E-state index is -0.866. The first-order chi connectivity index (χ1) is 5.63. The van der Waals surface area contributed by atoms with Crippen molar-refractivity contribution in [2.75, 3.05) is 19.6 Å². The largest absolute Gasteiger partial charge is 0.480 e. The number of carbonyl (C=O) groups is 2. The predicted molar refractivity (Wildman–Crippen MR) is 43.8 cm³/mol. The Labute approximate surface area is 71.1 Å². The minimum absolute atomic E-state index is 0.0277. The summed E-state index contributed by atoms with van der Waals surface area (Å²) in [6.07, 6.45) is 0.743. The molecule has 0 atom stereocenters. The molecule has 0 radical (unpaired) electrons. The van der Waals surface area contributed by atoms with Crippen LogP contribution in [0.3, 0.4) is 0 Å². The third-order valence-electron chi connectivity index (χ3n) is 1.18. The van der Waals surface area contributed by atoms with Crippen molar-refractivity contribution < 1.29 is 14.7 Å². The average Bonchev–Trinajstić information content (AvgIpc) is 1.95. The Morgan fingerprint density at radius 2 is 2.00 bits per heavy atom. The molecule has 0 aliphatic rings. The molecule has 3 N–H and O–H groups in total. The molecule has 0 aliphatic heterocycles. The van der Waals surface area contributed by atoms with Gasteiger partial charge in [-0.3, -0.25) is 9.59 Å². The topological polar surface area (TPSA) is 78.4 Å². The second-order valence-corrected chi connectivity index (χ2v) is 2.41. The van der Waals surface area contributed by atoms with Gasteiger partial charge in [0.1, 0.15) is 0 Å². The summed E-state index contributed by atoms with van der Waals surface area (Å²) in [5.41, 5.74) is 0. The van der Waals surface area contributed by atoms with Gasteiger partial charge < -0.3 is 15.7 Å². The second-order valence-electron chi connectivity index (χ2n) is 2.41. The Morgan fingerprint density at radius 3 is 2.50 bits per heavy atom. The highest BCUT2D eigenvalue weighted by atomic mass is 16.4. The molecule has 0 saturated heterocycles. The molecule has 12 heavy (non-hydrogen) atoms. The van der Waals surface area contributed by atoms with Gasteiger partial charge in [-0.25, -0.2) is 0 Å². The van der Waals surface area contributed by atoms with Gasteiger partial charge in [0.2, 0.25) is 5.91 Å². The highest BCUT2D eigenvalue weighted by Gasteiger charge is 1.94. The summed E-state index contributed by atoms with van der Waals surface area (Å²) in [6, 6.07) is 0. The highest BCUT2D eigenvalue weighted by molar-refractivity contribution is 5.72. The molecule has 5 heteroatoms. The standard InChI is InChI=1S/C7H14N2O3/c1-6(10)9-4-2-3-8-5-7(11)12/h8H,2-5H2,1H3,(H,9,10)(H,11,12). The van der Waals surface area contributed by atoms with Crippen LogP contribution < -0.4 is 10.6 Å². The summed E-state index contributed by atoms with van der Waals surface area (Å²) in [6.45, 7) is 2.61. The first kappa shape index (κ1) is 10.9. The summed E-state index contributed by atoms with van der Waals surface area (Å²) in [5.74, 6) is -0.928. The molecule has 0 unspecified atom stereocenters. The van der Waals surface area contributed by atoms with Crippen molar-refractivity contribution >= 4 is 11.9 Å². The van der Waals surface area contributed by atoms with Crippen molar-refractivity contribution in [2.45, 2.75) is 13.3 Å². The van der Waals surface area contributed by atoms with Crippen LogP contribution in [0.1, 0.15) is 13.3 Å². The van der Waals surface area contributed by atoms with Crippen LogP contribution >= 0.6 is 0 Å². The number of amides is 1. The van der Waals surface area contributed by atoms with Gasteiger partial charge in [-0.05, 0) is 13.0 Å². The van der Waals surface area contributed by atoms with E-state index in [2.05, 4.69) is 10.6 Å². The number of carboxylic acids is 1. The van der Waals surface area contributed by atoms with Gasteiger partial charge in [0.15, 0.2) is 0 Å². The molecule has 0 heterocycles. The maximum atomic E-state index is 10.4. The van der Waals surface area contributed by atoms with Gasteiger partial charge in [0.05, 0.1) is 6.54 Å². The molecule has 0 bridgehead atoms. The molecule has 0 aromatic heterocycles.